The van der Waals surface area contributed by atoms with E-state index in [0.29, 0.717) is 0 Å². The first-order valence-corrected chi connectivity index (χ1v) is 18.6. The van der Waals surface area contributed by atoms with Crippen molar-refractivity contribution in [2.75, 3.05) is 13.1 Å². The molecule has 0 spiro atoms. The van der Waals surface area contributed by atoms with E-state index >= 15 is 0 Å². The highest BCUT2D eigenvalue weighted by atomic mass is 16.4. The van der Waals surface area contributed by atoms with E-state index in [1.165, 1.54) is 180 Å². The molecule has 0 aromatic rings. The van der Waals surface area contributed by atoms with Crippen molar-refractivity contribution in [2.24, 2.45) is 0 Å². The van der Waals surface area contributed by atoms with Gasteiger partial charge in [0, 0.05) is 0 Å². The molecule has 0 fully saturated rings. The van der Waals surface area contributed by atoms with Crippen LogP contribution in [0.3, 0.4) is 0 Å². The molecule has 3 heteroatoms. The summed E-state index contributed by atoms with van der Waals surface area (Å²) >= 11 is 0. The minimum Gasteiger partial charge on any atom is -0.480 e. The maximum Gasteiger partial charge on any atom is 0.320 e. The van der Waals surface area contributed by atoms with Crippen LogP contribution in [0.25, 0.3) is 0 Å². The lowest BCUT2D eigenvalue weighted by atomic mass is 10.0. The second-order valence-corrected chi connectivity index (χ2v) is 12.9. The van der Waals surface area contributed by atoms with Crippen LogP contribution >= 0.6 is 0 Å². The van der Waals surface area contributed by atoms with E-state index in [-0.39, 0.29) is 6.04 Å². The van der Waals surface area contributed by atoms with Gasteiger partial charge in [0.15, 0.2) is 0 Å². The zero-order chi connectivity index (χ0) is 29.4. The standard InChI is InChI=1S/C37H75NO2/c1-4-6-8-10-12-14-16-18-20-22-24-26-28-30-32-34-38(36(3)37(39)40)35-33-31-29-27-25-23-21-19-17-15-13-11-9-7-5-2/h36H,4-35H2,1-3H3,(H,39,40). The first kappa shape index (κ1) is 39.4. The van der Waals surface area contributed by atoms with Crippen molar-refractivity contribution >= 4 is 5.97 Å². The highest BCUT2D eigenvalue weighted by molar-refractivity contribution is 5.72. The van der Waals surface area contributed by atoms with E-state index in [0.717, 1.165) is 25.9 Å². The lowest BCUT2D eigenvalue weighted by Crippen LogP contribution is -2.40. The number of aliphatic carboxylic acids is 1. The second-order valence-electron chi connectivity index (χ2n) is 12.9. The van der Waals surface area contributed by atoms with Crippen LogP contribution in [0.5, 0.6) is 0 Å². The van der Waals surface area contributed by atoms with Crippen LogP contribution in [0.1, 0.15) is 213 Å². The molecule has 0 aliphatic rings. The van der Waals surface area contributed by atoms with Gasteiger partial charge in [-0.3, -0.25) is 9.69 Å². The quantitative estimate of drug-likeness (QED) is 0.0789. The van der Waals surface area contributed by atoms with Gasteiger partial charge in [-0.2, -0.15) is 0 Å². The Hall–Kier alpha value is -0.570. The molecule has 0 bridgehead atoms. The summed E-state index contributed by atoms with van der Waals surface area (Å²) in [7, 11) is 0. The van der Waals surface area contributed by atoms with Crippen LogP contribution in [0.15, 0.2) is 0 Å². The zero-order valence-corrected chi connectivity index (χ0v) is 28.0. The van der Waals surface area contributed by atoms with Gasteiger partial charge >= 0.3 is 5.97 Å². The molecule has 0 saturated heterocycles. The number of carboxylic acid groups (broad SMARTS) is 1. The van der Waals surface area contributed by atoms with E-state index in [9.17, 15) is 9.90 Å². The maximum absolute atomic E-state index is 11.6. The molecule has 0 radical (unpaired) electrons. The van der Waals surface area contributed by atoms with Gasteiger partial charge in [-0.25, -0.2) is 0 Å². The van der Waals surface area contributed by atoms with Crippen molar-refractivity contribution in [1.82, 2.24) is 4.90 Å². The monoisotopic (exact) mass is 566 g/mol. The summed E-state index contributed by atoms with van der Waals surface area (Å²) in [6.07, 6.45) is 41.3. The van der Waals surface area contributed by atoms with Crippen LogP contribution < -0.4 is 0 Å². The van der Waals surface area contributed by atoms with Crippen molar-refractivity contribution in [1.29, 1.82) is 0 Å². The van der Waals surface area contributed by atoms with Crippen molar-refractivity contribution in [3.05, 3.63) is 0 Å². The second kappa shape index (κ2) is 32.9. The topological polar surface area (TPSA) is 40.5 Å². The minimum atomic E-state index is -0.665. The number of hydrogen-bond acceptors (Lipinski definition) is 2. The molecule has 0 aromatic carbocycles. The molecule has 1 atom stereocenters. The lowest BCUT2D eigenvalue weighted by Gasteiger charge is -2.26. The Kier molecular flexibility index (Phi) is 32.5. The summed E-state index contributed by atoms with van der Waals surface area (Å²) in [5.41, 5.74) is 0. The molecular formula is C37H75NO2. The summed E-state index contributed by atoms with van der Waals surface area (Å²) in [5.74, 6) is -0.665. The van der Waals surface area contributed by atoms with Crippen LogP contribution in [-0.2, 0) is 4.79 Å². The highest BCUT2D eigenvalue weighted by Gasteiger charge is 2.19. The molecule has 0 rings (SSSR count). The molecule has 1 N–H and O–H groups in total. The molecule has 0 amide bonds. The van der Waals surface area contributed by atoms with Gasteiger partial charge in [0.2, 0.25) is 0 Å². The molecular weight excluding hydrogens is 490 g/mol. The van der Waals surface area contributed by atoms with Gasteiger partial charge in [0.25, 0.3) is 0 Å². The highest BCUT2D eigenvalue weighted by Crippen LogP contribution is 2.16. The van der Waals surface area contributed by atoms with Crippen molar-refractivity contribution in [2.45, 2.75) is 219 Å². The smallest absolute Gasteiger partial charge is 0.320 e. The minimum absolute atomic E-state index is 0.349. The van der Waals surface area contributed by atoms with E-state index in [1.54, 1.807) is 0 Å². The fourth-order valence-electron chi connectivity index (χ4n) is 6.03. The fourth-order valence-corrected chi connectivity index (χ4v) is 6.03. The first-order valence-electron chi connectivity index (χ1n) is 18.6. The molecule has 1 unspecified atom stereocenters. The number of nitrogens with zero attached hydrogens (tertiary/aromatic N) is 1. The Bertz CT molecular complexity index is 461. The normalized spacial score (nSPS) is 12.4. The molecule has 0 aliphatic heterocycles. The van der Waals surface area contributed by atoms with E-state index in [1.807, 2.05) is 6.92 Å². The van der Waals surface area contributed by atoms with Crippen LogP contribution in [0.4, 0.5) is 0 Å². The summed E-state index contributed by atoms with van der Waals surface area (Å²) < 4.78 is 0. The predicted octanol–water partition coefficient (Wildman–Crippen LogP) is 12.5. The molecule has 0 saturated carbocycles. The molecule has 240 valence electrons. The molecule has 3 nitrogen and oxygen atoms in total. The Morgan fingerprint density at radius 3 is 0.825 bits per heavy atom. The molecule has 40 heavy (non-hydrogen) atoms. The number of unbranched alkanes of at least 4 members (excludes halogenated alkanes) is 28. The van der Waals surface area contributed by atoms with Crippen LogP contribution in [0.2, 0.25) is 0 Å². The van der Waals surface area contributed by atoms with E-state index in [4.69, 9.17) is 0 Å². The Morgan fingerprint density at radius 2 is 0.625 bits per heavy atom. The van der Waals surface area contributed by atoms with Gasteiger partial charge in [0.1, 0.15) is 6.04 Å². The predicted molar refractivity (Wildman–Crippen MR) is 179 cm³/mol. The maximum atomic E-state index is 11.6. The average Bonchev–Trinajstić information content (AvgIpc) is 2.95. The third-order valence-electron chi connectivity index (χ3n) is 9.00. The summed E-state index contributed by atoms with van der Waals surface area (Å²) in [4.78, 5) is 13.8. The van der Waals surface area contributed by atoms with Gasteiger partial charge in [-0.05, 0) is 32.9 Å². The summed E-state index contributed by atoms with van der Waals surface area (Å²) in [5, 5.41) is 9.56. The molecule has 0 heterocycles. The van der Waals surface area contributed by atoms with Crippen molar-refractivity contribution in [3.63, 3.8) is 0 Å². The SMILES string of the molecule is CCCCCCCCCCCCCCCCCN(CCCCCCCCCCCCCCCCC)C(C)C(=O)O. The zero-order valence-electron chi connectivity index (χ0n) is 28.0. The van der Waals surface area contributed by atoms with E-state index in [2.05, 4.69) is 18.7 Å². The number of carbonyl (C=O) groups is 1. The summed E-state index contributed by atoms with van der Waals surface area (Å²) in [6, 6.07) is -0.349. The van der Waals surface area contributed by atoms with Crippen molar-refractivity contribution < 1.29 is 9.90 Å². The fraction of sp³-hybridized carbons (Fsp3) is 0.973. The van der Waals surface area contributed by atoms with E-state index < -0.39 is 5.97 Å². The average molecular weight is 566 g/mol. The molecule has 0 aromatic heterocycles. The number of carboxylic acids is 1. The number of rotatable bonds is 34. The first-order chi connectivity index (χ1) is 19.6. The third kappa shape index (κ3) is 28.9. The Labute approximate surface area is 253 Å². The van der Waals surface area contributed by atoms with Gasteiger partial charge in [0.05, 0.1) is 0 Å². The van der Waals surface area contributed by atoms with Gasteiger partial charge in [-0.15, -0.1) is 0 Å². The Morgan fingerprint density at radius 1 is 0.425 bits per heavy atom. The third-order valence-corrected chi connectivity index (χ3v) is 9.00. The van der Waals surface area contributed by atoms with Crippen LogP contribution in [0, 0.1) is 0 Å². The largest absolute Gasteiger partial charge is 0.480 e. The number of hydrogen-bond donors (Lipinski definition) is 1. The van der Waals surface area contributed by atoms with Crippen molar-refractivity contribution in [3.8, 4) is 0 Å². The molecule has 0 aliphatic carbocycles. The lowest BCUT2D eigenvalue weighted by molar-refractivity contribution is -0.142. The van der Waals surface area contributed by atoms with Gasteiger partial charge in [-0.1, -0.05) is 194 Å². The summed E-state index contributed by atoms with van der Waals surface area (Å²) in [6.45, 7) is 8.35. The van der Waals surface area contributed by atoms with Gasteiger partial charge < -0.3 is 5.11 Å². The van der Waals surface area contributed by atoms with Crippen LogP contribution in [-0.4, -0.2) is 35.1 Å². The Balaban J connectivity index is 3.61.